The Labute approximate surface area is 212 Å². The third kappa shape index (κ3) is 6.22. The molecule has 0 aliphatic rings. The van der Waals surface area contributed by atoms with E-state index in [1.165, 1.54) is 47.0 Å². The van der Waals surface area contributed by atoms with Gasteiger partial charge in [-0.1, -0.05) is 0 Å². The fourth-order valence-electron chi connectivity index (χ4n) is 3.59. The van der Waals surface area contributed by atoms with Gasteiger partial charge in [-0.3, -0.25) is 9.59 Å². The molecule has 0 saturated heterocycles. The number of carbonyl (C=O) groups excluding carboxylic acids is 1. The van der Waals surface area contributed by atoms with Crippen LogP contribution in [-0.2, 0) is 11.3 Å². The lowest BCUT2D eigenvalue weighted by molar-refractivity contribution is -0.117. The number of amides is 1. The quantitative estimate of drug-likeness (QED) is 0.371. The number of likely N-dealkylation sites (N-methyl/N-ethyl adjacent to an activating group) is 1. The zero-order valence-corrected chi connectivity index (χ0v) is 20.5. The number of aromatic nitrogens is 3. The molecule has 4 aromatic rings. The average molecular weight is 506 g/mol. The van der Waals surface area contributed by atoms with Crippen LogP contribution in [0.1, 0.15) is 18.4 Å². The SMILES string of the molecule is CNC(C)C(=O)Nc1ccc(-c2ccc(F)cc2)n(Cc2cc(Oc3ccc(F)cc3)nc(C)n2)c1=O. The minimum Gasteiger partial charge on any atom is -0.439 e. The van der Waals surface area contributed by atoms with E-state index in [1.54, 1.807) is 45.2 Å². The zero-order chi connectivity index (χ0) is 26.5. The molecule has 2 aromatic carbocycles. The summed E-state index contributed by atoms with van der Waals surface area (Å²) in [7, 11) is 1.64. The Balaban J connectivity index is 1.74. The van der Waals surface area contributed by atoms with E-state index in [-0.39, 0.29) is 24.0 Å². The van der Waals surface area contributed by atoms with Crippen LogP contribution in [0.2, 0.25) is 0 Å². The molecule has 1 amide bonds. The first kappa shape index (κ1) is 25.6. The maximum atomic E-state index is 13.6. The molecule has 1 atom stereocenters. The number of halogens is 2. The summed E-state index contributed by atoms with van der Waals surface area (Å²) in [5.74, 6) is -0.158. The molecular formula is C27H25F2N5O3. The van der Waals surface area contributed by atoms with Gasteiger partial charge in [0.1, 0.15) is 28.9 Å². The number of ether oxygens (including phenoxy) is 1. The Bertz CT molecular complexity index is 1470. The lowest BCUT2D eigenvalue weighted by Gasteiger charge is -2.17. The van der Waals surface area contributed by atoms with Gasteiger partial charge in [0.05, 0.1) is 24.0 Å². The van der Waals surface area contributed by atoms with Gasteiger partial charge in [0.2, 0.25) is 11.8 Å². The number of hydrogen-bond donors (Lipinski definition) is 2. The second-order valence-electron chi connectivity index (χ2n) is 8.33. The Kier molecular flexibility index (Phi) is 7.69. The number of rotatable bonds is 8. The summed E-state index contributed by atoms with van der Waals surface area (Å²) in [4.78, 5) is 34.6. The summed E-state index contributed by atoms with van der Waals surface area (Å²) >= 11 is 0. The summed E-state index contributed by atoms with van der Waals surface area (Å²) in [5, 5.41) is 5.48. The fraction of sp³-hybridized carbons (Fsp3) is 0.185. The Morgan fingerprint density at radius 3 is 2.30 bits per heavy atom. The van der Waals surface area contributed by atoms with Gasteiger partial charge in [0, 0.05) is 6.07 Å². The fourth-order valence-corrected chi connectivity index (χ4v) is 3.59. The van der Waals surface area contributed by atoms with Crippen molar-refractivity contribution in [2.24, 2.45) is 0 Å². The Hall–Kier alpha value is -4.44. The monoisotopic (exact) mass is 505 g/mol. The van der Waals surface area contributed by atoms with E-state index in [0.29, 0.717) is 28.5 Å². The molecule has 10 heteroatoms. The topological polar surface area (TPSA) is 98.1 Å². The predicted molar refractivity (Wildman–Crippen MR) is 136 cm³/mol. The molecule has 8 nitrogen and oxygen atoms in total. The van der Waals surface area contributed by atoms with E-state index in [2.05, 4.69) is 20.6 Å². The number of hydrogen-bond acceptors (Lipinski definition) is 6. The van der Waals surface area contributed by atoms with Crippen molar-refractivity contribution in [3.63, 3.8) is 0 Å². The zero-order valence-electron chi connectivity index (χ0n) is 20.5. The van der Waals surface area contributed by atoms with Gasteiger partial charge in [0.25, 0.3) is 5.56 Å². The maximum Gasteiger partial charge on any atom is 0.275 e. The molecule has 0 bridgehead atoms. The highest BCUT2D eigenvalue weighted by Gasteiger charge is 2.17. The largest absolute Gasteiger partial charge is 0.439 e. The molecule has 2 N–H and O–H groups in total. The number of pyridine rings is 1. The van der Waals surface area contributed by atoms with Crippen molar-refractivity contribution in [1.82, 2.24) is 19.9 Å². The Morgan fingerprint density at radius 1 is 1.00 bits per heavy atom. The molecule has 190 valence electrons. The van der Waals surface area contributed by atoms with Gasteiger partial charge in [-0.2, -0.15) is 4.98 Å². The van der Waals surface area contributed by atoms with Gasteiger partial charge in [-0.25, -0.2) is 13.8 Å². The van der Waals surface area contributed by atoms with E-state index in [9.17, 15) is 18.4 Å². The standard InChI is InChI=1S/C27H25F2N5O3/c1-16(30-3)26(35)33-23-12-13-24(18-4-6-19(28)7-5-18)34(27(23)36)15-21-14-25(32-17(2)31-21)37-22-10-8-20(29)9-11-22/h4-14,16,30H,15H2,1-3H3,(H,33,35). The molecule has 0 radical (unpaired) electrons. The average Bonchev–Trinajstić information content (AvgIpc) is 2.87. The van der Waals surface area contributed by atoms with Crippen LogP contribution in [0.4, 0.5) is 14.5 Å². The minimum atomic E-state index is -0.514. The van der Waals surface area contributed by atoms with Crippen LogP contribution < -0.4 is 20.9 Å². The lowest BCUT2D eigenvalue weighted by Crippen LogP contribution is -2.37. The van der Waals surface area contributed by atoms with Crippen LogP contribution >= 0.6 is 0 Å². The molecular weight excluding hydrogens is 480 g/mol. The molecule has 4 rings (SSSR count). The van der Waals surface area contributed by atoms with E-state index in [0.717, 1.165) is 0 Å². The molecule has 0 aliphatic heterocycles. The van der Waals surface area contributed by atoms with E-state index in [4.69, 9.17) is 4.74 Å². The molecule has 37 heavy (non-hydrogen) atoms. The molecule has 0 spiro atoms. The molecule has 0 aliphatic carbocycles. The number of nitrogens with zero attached hydrogens (tertiary/aromatic N) is 3. The number of aryl methyl sites for hydroxylation is 1. The van der Waals surface area contributed by atoms with Crippen molar-refractivity contribution in [2.75, 3.05) is 12.4 Å². The van der Waals surface area contributed by atoms with E-state index >= 15 is 0 Å². The van der Waals surface area contributed by atoms with Crippen molar-refractivity contribution in [3.8, 4) is 22.9 Å². The first-order valence-corrected chi connectivity index (χ1v) is 11.5. The van der Waals surface area contributed by atoms with Gasteiger partial charge in [-0.05, 0) is 87.1 Å². The molecule has 0 fully saturated rings. The summed E-state index contributed by atoms with van der Waals surface area (Å²) < 4.78 is 34.0. The highest BCUT2D eigenvalue weighted by atomic mass is 19.1. The maximum absolute atomic E-state index is 13.6. The minimum absolute atomic E-state index is 0.0139. The smallest absolute Gasteiger partial charge is 0.275 e. The van der Waals surface area contributed by atoms with Crippen molar-refractivity contribution in [2.45, 2.75) is 26.4 Å². The number of benzene rings is 2. The van der Waals surface area contributed by atoms with Gasteiger partial charge in [0.15, 0.2) is 0 Å². The van der Waals surface area contributed by atoms with Crippen molar-refractivity contribution in [1.29, 1.82) is 0 Å². The first-order chi connectivity index (χ1) is 17.7. The second kappa shape index (κ2) is 11.1. The summed E-state index contributed by atoms with van der Waals surface area (Å²) in [5.41, 5.74) is 1.19. The van der Waals surface area contributed by atoms with Crippen LogP contribution in [0.25, 0.3) is 11.3 Å². The van der Waals surface area contributed by atoms with Gasteiger partial charge >= 0.3 is 0 Å². The Morgan fingerprint density at radius 2 is 1.65 bits per heavy atom. The summed E-state index contributed by atoms with van der Waals surface area (Å²) in [6, 6.07) is 15.5. The van der Waals surface area contributed by atoms with Crippen molar-refractivity contribution < 1.29 is 18.3 Å². The summed E-state index contributed by atoms with van der Waals surface area (Å²) in [6.07, 6.45) is 0. The van der Waals surface area contributed by atoms with Crippen LogP contribution in [-0.4, -0.2) is 33.5 Å². The summed E-state index contributed by atoms with van der Waals surface area (Å²) in [6.45, 7) is 3.37. The molecule has 0 saturated carbocycles. The number of anilines is 1. The first-order valence-electron chi connectivity index (χ1n) is 11.5. The van der Waals surface area contributed by atoms with E-state index < -0.39 is 23.2 Å². The molecule has 1 unspecified atom stereocenters. The van der Waals surface area contributed by atoms with Crippen LogP contribution in [0.5, 0.6) is 11.6 Å². The van der Waals surface area contributed by atoms with E-state index in [1.807, 2.05) is 0 Å². The number of carbonyl (C=O) groups is 1. The lowest BCUT2D eigenvalue weighted by atomic mass is 10.1. The van der Waals surface area contributed by atoms with Crippen molar-refractivity contribution >= 4 is 11.6 Å². The molecule has 2 aromatic heterocycles. The van der Waals surface area contributed by atoms with Gasteiger partial charge < -0.3 is 19.9 Å². The third-order valence-electron chi connectivity index (χ3n) is 5.62. The van der Waals surface area contributed by atoms with Crippen LogP contribution in [0.15, 0.2) is 71.5 Å². The predicted octanol–water partition coefficient (Wildman–Crippen LogP) is 4.28. The normalized spacial score (nSPS) is 11.7. The highest BCUT2D eigenvalue weighted by Crippen LogP contribution is 2.23. The molecule has 2 heterocycles. The number of nitrogens with one attached hydrogen (secondary N) is 2. The van der Waals surface area contributed by atoms with Gasteiger partial charge in [-0.15, -0.1) is 0 Å². The van der Waals surface area contributed by atoms with Crippen LogP contribution in [0, 0.1) is 18.6 Å². The third-order valence-corrected chi connectivity index (χ3v) is 5.62. The van der Waals surface area contributed by atoms with Crippen LogP contribution in [0.3, 0.4) is 0 Å². The van der Waals surface area contributed by atoms with Crippen molar-refractivity contribution in [3.05, 3.63) is 100 Å². The highest BCUT2D eigenvalue weighted by molar-refractivity contribution is 5.94. The second-order valence-corrected chi connectivity index (χ2v) is 8.33.